The molecular formula is C11H11BrFNOS. The van der Waals surface area contributed by atoms with Crippen LogP contribution in [0.5, 0.6) is 0 Å². The van der Waals surface area contributed by atoms with Crippen molar-refractivity contribution in [2.45, 2.75) is 0 Å². The second kappa shape index (κ2) is 5.19. The molecule has 0 saturated carbocycles. The van der Waals surface area contributed by atoms with Gasteiger partial charge in [-0.2, -0.15) is 11.8 Å². The molecule has 0 aromatic heterocycles. The lowest BCUT2D eigenvalue weighted by atomic mass is 10.2. The van der Waals surface area contributed by atoms with Crippen LogP contribution in [0, 0.1) is 5.82 Å². The quantitative estimate of drug-likeness (QED) is 0.795. The highest BCUT2D eigenvalue weighted by atomic mass is 79.9. The van der Waals surface area contributed by atoms with Crippen molar-refractivity contribution in [3.8, 4) is 0 Å². The van der Waals surface area contributed by atoms with E-state index in [-0.39, 0.29) is 10.4 Å². The molecule has 1 saturated heterocycles. The summed E-state index contributed by atoms with van der Waals surface area (Å²) in [6.45, 7) is 1.49. The summed E-state index contributed by atoms with van der Waals surface area (Å²) in [5.41, 5.74) is 0.409. The van der Waals surface area contributed by atoms with E-state index in [1.54, 1.807) is 17.0 Å². The van der Waals surface area contributed by atoms with E-state index in [1.807, 2.05) is 11.8 Å². The first-order chi connectivity index (χ1) is 7.70. The Bertz CT molecular complexity index is 407. The molecule has 0 aliphatic carbocycles. The first kappa shape index (κ1) is 11.9. The fourth-order valence-electron chi connectivity index (χ4n) is 1.61. The molecule has 16 heavy (non-hydrogen) atoms. The van der Waals surface area contributed by atoms with Crippen LogP contribution in [-0.4, -0.2) is 35.4 Å². The van der Waals surface area contributed by atoms with E-state index in [0.717, 1.165) is 24.6 Å². The molecule has 1 fully saturated rings. The molecule has 2 rings (SSSR count). The van der Waals surface area contributed by atoms with Crippen molar-refractivity contribution in [2.24, 2.45) is 0 Å². The van der Waals surface area contributed by atoms with Gasteiger partial charge < -0.3 is 4.90 Å². The smallest absolute Gasteiger partial charge is 0.255 e. The first-order valence-electron chi connectivity index (χ1n) is 5.01. The number of carbonyl (C=O) groups is 1. The van der Waals surface area contributed by atoms with Gasteiger partial charge in [0, 0.05) is 24.6 Å². The zero-order valence-electron chi connectivity index (χ0n) is 8.58. The lowest BCUT2D eigenvalue weighted by molar-refractivity contribution is 0.0771. The van der Waals surface area contributed by atoms with Crippen molar-refractivity contribution in [1.29, 1.82) is 0 Å². The molecule has 5 heteroatoms. The molecule has 0 spiro atoms. The van der Waals surface area contributed by atoms with Crippen molar-refractivity contribution in [3.05, 3.63) is 34.1 Å². The lowest BCUT2D eigenvalue weighted by Crippen LogP contribution is -2.38. The highest BCUT2D eigenvalue weighted by molar-refractivity contribution is 9.10. The largest absolute Gasteiger partial charge is 0.337 e. The molecule has 0 atom stereocenters. The van der Waals surface area contributed by atoms with Gasteiger partial charge in [0.1, 0.15) is 5.82 Å². The van der Waals surface area contributed by atoms with E-state index in [0.29, 0.717) is 5.56 Å². The maximum absolute atomic E-state index is 13.3. The van der Waals surface area contributed by atoms with Gasteiger partial charge in [0.15, 0.2) is 0 Å². The van der Waals surface area contributed by atoms with Crippen LogP contribution in [0.25, 0.3) is 0 Å². The molecule has 1 aromatic carbocycles. The minimum atomic E-state index is -0.391. The van der Waals surface area contributed by atoms with Crippen LogP contribution in [-0.2, 0) is 0 Å². The molecule has 86 valence electrons. The molecule has 0 radical (unpaired) electrons. The zero-order valence-corrected chi connectivity index (χ0v) is 11.0. The maximum atomic E-state index is 13.3. The molecule has 0 N–H and O–H groups in total. The highest BCUT2D eigenvalue weighted by Gasteiger charge is 2.21. The molecule has 0 unspecified atom stereocenters. The van der Waals surface area contributed by atoms with Crippen LogP contribution in [0.2, 0.25) is 0 Å². The summed E-state index contributed by atoms with van der Waals surface area (Å²) < 4.78 is 13.5. The second-order valence-corrected chi connectivity index (χ2v) is 5.52. The molecule has 1 aromatic rings. The Hall–Kier alpha value is -0.550. The molecule has 1 heterocycles. The van der Waals surface area contributed by atoms with Crippen LogP contribution >= 0.6 is 27.7 Å². The van der Waals surface area contributed by atoms with Crippen LogP contribution in [0.1, 0.15) is 10.4 Å². The monoisotopic (exact) mass is 303 g/mol. The molecule has 2 nitrogen and oxygen atoms in total. The third-order valence-electron chi connectivity index (χ3n) is 2.48. The van der Waals surface area contributed by atoms with Crippen LogP contribution in [0.3, 0.4) is 0 Å². The summed E-state index contributed by atoms with van der Waals surface area (Å²) in [5.74, 6) is 1.43. The maximum Gasteiger partial charge on any atom is 0.255 e. The summed E-state index contributed by atoms with van der Waals surface area (Å²) in [4.78, 5) is 13.9. The van der Waals surface area contributed by atoms with E-state index in [1.165, 1.54) is 6.07 Å². The molecule has 1 amide bonds. The van der Waals surface area contributed by atoms with Gasteiger partial charge in [-0.05, 0) is 28.1 Å². The van der Waals surface area contributed by atoms with Crippen molar-refractivity contribution < 1.29 is 9.18 Å². The predicted octanol–water partition coefficient (Wildman–Crippen LogP) is 2.78. The Morgan fingerprint density at radius 2 is 2.06 bits per heavy atom. The SMILES string of the molecule is O=C(c1cccc(F)c1Br)N1CCSCC1. The van der Waals surface area contributed by atoms with Crippen molar-refractivity contribution in [2.75, 3.05) is 24.6 Å². The van der Waals surface area contributed by atoms with Gasteiger partial charge in [-0.15, -0.1) is 0 Å². The van der Waals surface area contributed by atoms with Gasteiger partial charge in [-0.1, -0.05) is 6.07 Å². The number of carbonyl (C=O) groups excluding carboxylic acids is 1. The van der Waals surface area contributed by atoms with E-state index in [4.69, 9.17) is 0 Å². The van der Waals surface area contributed by atoms with Gasteiger partial charge in [-0.3, -0.25) is 4.79 Å². The van der Waals surface area contributed by atoms with Gasteiger partial charge in [0.2, 0.25) is 0 Å². The Morgan fingerprint density at radius 3 is 2.75 bits per heavy atom. The number of amides is 1. The van der Waals surface area contributed by atoms with Crippen LogP contribution in [0.15, 0.2) is 22.7 Å². The average Bonchev–Trinajstić information content (AvgIpc) is 2.33. The summed E-state index contributed by atoms with van der Waals surface area (Å²) in [6.07, 6.45) is 0. The topological polar surface area (TPSA) is 20.3 Å². The summed E-state index contributed by atoms with van der Waals surface area (Å²) >= 11 is 4.96. The Kier molecular flexibility index (Phi) is 3.86. The number of hydrogen-bond donors (Lipinski definition) is 0. The third kappa shape index (κ3) is 2.40. The number of halogens is 2. The zero-order chi connectivity index (χ0) is 11.5. The molecule has 1 aliphatic heterocycles. The van der Waals surface area contributed by atoms with Gasteiger partial charge in [0.25, 0.3) is 5.91 Å². The highest BCUT2D eigenvalue weighted by Crippen LogP contribution is 2.23. The van der Waals surface area contributed by atoms with Crippen molar-refractivity contribution in [3.63, 3.8) is 0 Å². The van der Waals surface area contributed by atoms with Crippen LogP contribution < -0.4 is 0 Å². The summed E-state index contributed by atoms with van der Waals surface area (Å²) in [7, 11) is 0. The average molecular weight is 304 g/mol. The second-order valence-electron chi connectivity index (χ2n) is 3.51. The van der Waals surface area contributed by atoms with Gasteiger partial charge in [-0.25, -0.2) is 4.39 Å². The van der Waals surface area contributed by atoms with Gasteiger partial charge in [0.05, 0.1) is 10.0 Å². The normalized spacial score (nSPS) is 16.2. The standard InChI is InChI=1S/C11H11BrFNOS/c12-10-8(2-1-3-9(10)13)11(15)14-4-6-16-7-5-14/h1-3H,4-7H2. The Labute approximate surface area is 106 Å². The van der Waals surface area contributed by atoms with E-state index in [2.05, 4.69) is 15.9 Å². The van der Waals surface area contributed by atoms with E-state index in [9.17, 15) is 9.18 Å². The first-order valence-corrected chi connectivity index (χ1v) is 6.96. The third-order valence-corrected chi connectivity index (χ3v) is 4.23. The number of nitrogens with zero attached hydrogens (tertiary/aromatic N) is 1. The molecule has 0 bridgehead atoms. The van der Waals surface area contributed by atoms with E-state index < -0.39 is 5.82 Å². The van der Waals surface area contributed by atoms with E-state index >= 15 is 0 Å². The Morgan fingerprint density at radius 1 is 1.38 bits per heavy atom. The summed E-state index contributed by atoms with van der Waals surface area (Å²) in [5, 5.41) is 0. The number of benzene rings is 1. The predicted molar refractivity (Wildman–Crippen MR) is 67.3 cm³/mol. The minimum Gasteiger partial charge on any atom is -0.337 e. The fraction of sp³-hybridized carbons (Fsp3) is 0.364. The van der Waals surface area contributed by atoms with Gasteiger partial charge >= 0.3 is 0 Å². The van der Waals surface area contributed by atoms with Crippen molar-refractivity contribution >= 4 is 33.6 Å². The molecule has 1 aliphatic rings. The van der Waals surface area contributed by atoms with Crippen molar-refractivity contribution in [1.82, 2.24) is 4.90 Å². The molecular weight excluding hydrogens is 293 g/mol. The lowest BCUT2D eigenvalue weighted by Gasteiger charge is -2.26. The number of rotatable bonds is 1. The fourth-order valence-corrected chi connectivity index (χ4v) is 2.94. The summed E-state index contributed by atoms with van der Waals surface area (Å²) in [6, 6.07) is 4.55. The minimum absolute atomic E-state index is 0.0910. The van der Waals surface area contributed by atoms with Crippen LogP contribution in [0.4, 0.5) is 4.39 Å². The number of hydrogen-bond acceptors (Lipinski definition) is 2. The number of thioether (sulfide) groups is 1. The Balaban J connectivity index is 2.22.